The number of para-hydroxylation sites is 1. The van der Waals surface area contributed by atoms with Crippen molar-refractivity contribution in [2.75, 3.05) is 11.9 Å². The number of anilines is 1. The second-order valence-electron chi connectivity index (χ2n) is 7.05. The highest BCUT2D eigenvalue weighted by Gasteiger charge is 2.22. The second-order valence-corrected chi connectivity index (χ2v) is 9.35. The first-order valence-electron chi connectivity index (χ1n) is 9.55. The van der Waals surface area contributed by atoms with E-state index in [2.05, 4.69) is 10.1 Å². The number of thiophene rings is 1. The Bertz CT molecular complexity index is 1390. The first kappa shape index (κ1) is 19.9. The molecule has 3 aromatic heterocycles. The monoisotopic (exact) mass is 464 g/mol. The van der Waals surface area contributed by atoms with Crippen molar-refractivity contribution < 1.29 is 4.79 Å². The molecule has 8 heteroatoms. The van der Waals surface area contributed by atoms with Crippen LogP contribution in [0.2, 0.25) is 5.02 Å². The Kier molecular flexibility index (Phi) is 5.09. The lowest BCUT2D eigenvalue weighted by molar-refractivity contribution is 0.0997. The summed E-state index contributed by atoms with van der Waals surface area (Å²) in [5.74, 6) is -0.0859. The number of carbonyl (C=O) groups excluding carboxylic acids is 1. The lowest BCUT2D eigenvalue weighted by Crippen LogP contribution is -2.25. The molecule has 5 nitrogen and oxygen atoms in total. The van der Waals surface area contributed by atoms with Crippen molar-refractivity contribution in [2.45, 2.75) is 6.92 Å². The summed E-state index contributed by atoms with van der Waals surface area (Å²) in [6.07, 6.45) is 0. The van der Waals surface area contributed by atoms with Crippen molar-refractivity contribution in [3.8, 4) is 16.9 Å². The van der Waals surface area contributed by atoms with Crippen molar-refractivity contribution in [1.82, 2.24) is 14.8 Å². The van der Waals surface area contributed by atoms with Crippen LogP contribution in [0.1, 0.15) is 15.4 Å². The van der Waals surface area contributed by atoms with E-state index >= 15 is 0 Å². The minimum Gasteiger partial charge on any atom is -0.286 e. The fourth-order valence-electron chi connectivity index (χ4n) is 3.32. The third-order valence-electron chi connectivity index (χ3n) is 4.98. The van der Waals surface area contributed by atoms with Crippen LogP contribution < -0.4 is 4.90 Å². The average Bonchev–Trinajstić information content (AvgIpc) is 3.51. The molecule has 5 aromatic rings. The van der Waals surface area contributed by atoms with Crippen molar-refractivity contribution >= 4 is 55.5 Å². The van der Waals surface area contributed by atoms with Crippen LogP contribution in [0.15, 0.2) is 66.0 Å². The Hall–Kier alpha value is -3.00. The summed E-state index contributed by atoms with van der Waals surface area (Å²) in [6.45, 7) is 1.96. The largest absolute Gasteiger partial charge is 0.286 e. The molecule has 0 N–H and O–H groups in total. The number of fused-ring (bicyclic) bond motifs is 1. The lowest BCUT2D eigenvalue weighted by atomic mass is 10.2. The zero-order chi connectivity index (χ0) is 21.5. The minimum absolute atomic E-state index is 0.0859. The van der Waals surface area contributed by atoms with Crippen LogP contribution in [-0.4, -0.2) is 27.7 Å². The van der Waals surface area contributed by atoms with E-state index < -0.39 is 0 Å². The third-order valence-corrected chi connectivity index (χ3v) is 7.25. The van der Waals surface area contributed by atoms with Gasteiger partial charge in [0.05, 0.1) is 22.0 Å². The van der Waals surface area contributed by atoms with Gasteiger partial charge in [-0.1, -0.05) is 41.9 Å². The number of halogens is 1. The van der Waals surface area contributed by atoms with Crippen molar-refractivity contribution in [1.29, 1.82) is 0 Å². The smallest absolute Gasteiger partial charge is 0.269 e. The maximum atomic E-state index is 13.2. The predicted molar refractivity (Wildman–Crippen MR) is 129 cm³/mol. The molecule has 1 amide bonds. The minimum atomic E-state index is -0.0859. The first-order chi connectivity index (χ1) is 15.0. The molecule has 5 rings (SSSR count). The molecule has 0 spiro atoms. The number of nitrogens with zero attached hydrogens (tertiary/aromatic N) is 4. The molecular formula is C23H17ClN4OS2. The van der Waals surface area contributed by atoms with Gasteiger partial charge in [0.15, 0.2) is 5.13 Å². The van der Waals surface area contributed by atoms with Crippen LogP contribution in [0.3, 0.4) is 0 Å². The molecule has 0 bridgehead atoms. The summed E-state index contributed by atoms with van der Waals surface area (Å²) in [6, 6.07) is 19.4. The molecule has 0 radical (unpaired) electrons. The van der Waals surface area contributed by atoms with E-state index in [9.17, 15) is 4.79 Å². The third kappa shape index (κ3) is 3.65. The second kappa shape index (κ2) is 7.92. The summed E-state index contributed by atoms with van der Waals surface area (Å²) >= 11 is 8.86. The van der Waals surface area contributed by atoms with Crippen LogP contribution >= 0.6 is 34.3 Å². The Morgan fingerprint density at radius 1 is 1.10 bits per heavy atom. The maximum absolute atomic E-state index is 13.2. The highest BCUT2D eigenvalue weighted by molar-refractivity contribution is 7.20. The molecule has 154 valence electrons. The van der Waals surface area contributed by atoms with Gasteiger partial charge in [0.2, 0.25) is 0 Å². The summed E-state index contributed by atoms with van der Waals surface area (Å²) in [4.78, 5) is 21.1. The van der Waals surface area contributed by atoms with Crippen LogP contribution in [-0.2, 0) is 0 Å². The highest BCUT2D eigenvalue weighted by Crippen LogP contribution is 2.33. The Balaban J connectivity index is 1.46. The number of benzene rings is 2. The fourth-order valence-corrected chi connectivity index (χ4v) is 5.40. The number of rotatable bonds is 4. The topological polar surface area (TPSA) is 51.0 Å². The van der Waals surface area contributed by atoms with E-state index in [1.165, 1.54) is 22.7 Å². The first-order valence-corrected chi connectivity index (χ1v) is 11.6. The van der Waals surface area contributed by atoms with Gasteiger partial charge in [0.25, 0.3) is 5.91 Å². The zero-order valence-corrected chi connectivity index (χ0v) is 19.1. The molecule has 0 fully saturated rings. The van der Waals surface area contributed by atoms with Gasteiger partial charge in [-0.15, -0.1) is 22.7 Å². The summed E-state index contributed by atoms with van der Waals surface area (Å²) in [5, 5.41) is 8.92. The van der Waals surface area contributed by atoms with Crippen molar-refractivity contribution in [3.63, 3.8) is 0 Å². The summed E-state index contributed by atoms with van der Waals surface area (Å²) < 4.78 is 1.90. The zero-order valence-electron chi connectivity index (χ0n) is 16.7. The number of aryl methyl sites for hydroxylation is 1. The van der Waals surface area contributed by atoms with Gasteiger partial charge >= 0.3 is 0 Å². The van der Waals surface area contributed by atoms with Crippen LogP contribution in [0.25, 0.3) is 27.2 Å². The van der Waals surface area contributed by atoms with Crippen LogP contribution in [0.4, 0.5) is 5.13 Å². The quantitative estimate of drug-likeness (QED) is 0.307. The standard InChI is InChI=1S/C23H17ClN4OS2/c1-14-18-12-20(31-22(18)28(26-14)17-6-4-3-5-7-17)21(29)27(2)23-25-19(13-30-23)15-8-10-16(24)11-9-15/h3-13H,1-2H3. The molecule has 3 heterocycles. The summed E-state index contributed by atoms with van der Waals surface area (Å²) in [5.41, 5.74) is 3.66. The van der Waals surface area contributed by atoms with E-state index in [0.29, 0.717) is 15.0 Å². The SMILES string of the molecule is Cc1nn(-c2ccccc2)c2sc(C(=O)N(C)c3nc(-c4ccc(Cl)cc4)cs3)cc12. The van der Waals surface area contributed by atoms with Gasteiger partial charge in [0.1, 0.15) is 4.83 Å². The number of hydrogen-bond acceptors (Lipinski definition) is 5. The number of aromatic nitrogens is 3. The molecule has 0 atom stereocenters. The molecular weight excluding hydrogens is 448 g/mol. The molecule has 0 unspecified atom stereocenters. The lowest BCUT2D eigenvalue weighted by Gasteiger charge is -2.12. The fraction of sp³-hybridized carbons (Fsp3) is 0.0870. The molecule has 0 aliphatic rings. The predicted octanol–water partition coefficient (Wildman–Crippen LogP) is 6.45. The van der Waals surface area contributed by atoms with Gasteiger partial charge in [-0.2, -0.15) is 5.10 Å². The molecule has 0 saturated heterocycles. The number of amides is 1. The van der Waals surface area contributed by atoms with Gasteiger partial charge in [0, 0.05) is 28.4 Å². The van der Waals surface area contributed by atoms with Crippen LogP contribution in [0, 0.1) is 6.92 Å². The van der Waals surface area contributed by atoms with E-state index in [1.807, 2.05) is 77.6 Å². The molecule has 2 aromatic carbocycles. The maximum Gasteiger partial charge on any atom is 0.269 e. The van der Waals surface area contributed by atoms with Crippen molar-refractivity contribution in [3.05, 3.63) is 81.6 Å². The molecule has 31 heavy (non-hydrogen) atoms. The Morgan fingerprint density at radius 2 is 1.84 bits per heavy atom. The molecule has 0 saturated carbocycles. The number of carbonyl (C=O) groups is 1. The van der Waals surface area contributed by atoms with E-state index in [4.69, 9.17) is 11.6 Å². The van der Waals surface area contributed by atoms with Crippen molar-refractivity contribution in [2.24, 2.45) is 0 Å². The Labute approximate surface area is 192 Å². The van der Waals surface area contributed by atoms with Crippen LogP contribution in [0.5, 0.6) is 0 Å². The molecule has 0 aliphatic heterocycles. The van der Waals surface area contributed by atoms with Gasteiger partial charge in [-0.05, 0) is 37.3 Å². The highest BCUT2D eigenvalue weighted by atomic mass is 35.5. The number of thiazole rings is 1. The van der Waals surface area contributed by atoms with E-state index in [-0.39, 0.29) is 5.91 Å². The average molecular weight is 465 g/mol. The number of hydrogen-bond donors (Lipinski definition) is 0. The van der Waals surface area contributed by atoms with Gasteiger partial charge in [-0.3, -0.25) is 9.69 Å². The Morgan fingerprint density at radius 3 is 2.58 bits per heavy atom. The summed E-state index contributed by atoms with van der Waals surface area (Å²) in [7, 11) is 1.76. The van der Waals surface area contributed by atoms with E-state index in [0.717, 1.165) is 32.9 Å². The molecule has 0 aliphatic carbocycles. The normalized spacial score (nSPS) is 11.2. The van der Waals surface area contributed by atoms with Gasteiger partial charge < -0.3 is 0 Å². The van der Waals surface area contributed by atoms with Gasteiger partial charge in [-0.25, -0.2) is 9.67 Å². The van der Waals surface area contributed by atoms with E-state index in [1.54, 1.807) is 11.9 Å².